The molecule has 0 unspecified atom stereocenters. The van der Waals surface area contributed by atoms with E-state index in [-0.39, 0.29) is 62.1 Å². The van der Waals surface area contributed by atoms with Crippen molar-refractivity contribution in [2.24, 2.45) is 0 Å². The van der Waals surface area contributed by atoms with Crippen LogP contribution in [0.3, 0.4) is 0 Å². The molecule has 0 saturated heterocycles. The summed E-state index contributed by atoms with van der Waals surface area (Å²) < 4.78 is 0.951. The van der Waals surface area contributed by atoms with Gasteiger partial charge in [-0.3, -0.25) is 4.79 Å². The van der Waals surface area contributed by atoms with E-state index >= 15 is 0 Å². The normalized spacial score (nSPS) is 14.4. The zero-order valence-corrected chi connectivity index (χ0v) is 14.1. The molecule has 0 amide bonds. The number of hydrogen-bond acceptors (Lipinski definition) is 6. The molecule has 3 rings (SSSR count). The van der Waals surface area contributed by atoms with Gasteiger partial charge in [0.2, 0.25) is 0 Å². The molecule has 1 aliphatic heterocycles. The number of nitrogens with two attached hydrogens (primary N) is 1. The van der Waals surface area contributed by atoms with Crippen LogP contribution in [0.15, 0.2) is 9.95 Å². The van der Waals surface area contributed by atoms with Crippen molar-refractivity contribution >= 4 is 34.2 Å². The maximum Gasteiger partial charge on any atom is 1.00 e. The number of aromatic nitrogens is 2. The van der Waals surface area contributed by atoms with E-state index in [1.807, 2.05) is 0 Å². The summed E-state index contributed by atoms with van der Waals surface area (Å²) >= 11 is 6.45. The molecule has 3 heterocycles. The van der Waals surface area contributed by atoms with Gasteiger partial charge in [-0.2, -0.15) is 0 Å². The summed E-state index contributed by atoms with van der Waals surface area (Å²) in [7, 11) is 0. The van der Waals surface area contributed by atoms with E-state index in [1.54, 1.807) is 0 Å². The standard InChI is InChI=1S/C9H10N4OS2.K/c10-13-8(14)6-4-1-2-11-3-5(4)16-7(6)12-9(13)15;/h11H,1-3,10H2,(H,12,15);/q;+1/p-1. The smallest absolute Gasteiger partial charge is 0.740 e. The van der Waals surface area contributed by atoms with Gasteiger partial charge in [-0.05, 0) is 18.5 Å². The third kappa shape index (κ3) is 2.21. The van der Waals surface area contributed by atoms with Crippen LogP contribution in [0.2, 0.25) is 0 Å². The second kappa shape index (κ2) is 5.22. The average molecular weight is 292 g/mol. The van der Waals surface area contributed by atoms with E-state index in [2.05, 4.69) is 10.3 Å². The van der Waals surface area contributed by atoms with Crippen LogP contribution in [0.5, 0.6) is 0 Å². The Morgan fingerprint density at radius 1 is 1.53 bits per heavy atom. The van der Waals surface area contributed by atoms with Gasteiger partial charge in [-0.15, -0.1) is 11.3 Å². The van der Waals surface area contributed by atoms with E-state index in [9.17, 15) is 4.79 Å². The van der Waals surface area contributed by atoms with Crippen molar-refractivity contribution in [3.05, 3.63) is 20.8 Å². The zero-order chi connectivity index (χ0) is 11.3. The van der Waals surface area contributed by atoms with E-state index in [0.717, 1.165) is 29.7 Å². The predicted octanol–water partition coefficient (Wildman–Crippen LogP) is -3.27. The summed E-state index contributed by atoms with van der Waals surface area (Å²) in [5.41, 5.74) is 0.861. The molecule has 17 heavy (non-hydrogen) atoms. The molecule has 8 heteroatoms. The van der Waals surface area contributed by atoms with Crippen LogP contribution in [0.1, 0.15) is 10.4 Å². The topological polar surface area (TPSA) is 72.9 Å². The van der Waals surface area contributed by atoms with Crippen LogP contribution in [-0.4, -0.2) is 16.2 Å². The summed E-state index contributed by atoms with van der Waals surface area (Å²) in [5, 5.41) is 4.06. The summed E-state index contributed by atoms with van der Waals surface area (Å²) in [6.07, 6.45) is 0.850. The molecule has 0 saturated carbocycles. The van der Waals surface area contributed by atoms with Gasteiger partial charge in [0.1, 0.15) is 4.83 Å². The number of nitrogens with zero attached hydrogens (tertiary/aromatic N) is 2. The van der Waals surface area contributed by atoms with Gasteiger partial charge in [0.05, 0.1) is 5.39 Å². The molecule has 84 valence electrons. The molecule has 0 aromatic carbocycles. The molecule has 0 fully saturated rings. The maximum absolute atomic E-state index is 12.0. The Balaban J connectivity index is 0.00000108. The first-order valence-electron chi connectivity index (χ1n) is 4.88. The van der Waals surface area contributed by atoms with Crippen molar-refractivity contribution in [1.82, 2.24) is 15.0 Å². The van der Waals surface area contributed by atoms with E-state index in [0.29, 0.717) is 10.2 Å². The van der Waals surface area contributed by atoms with Crippen LogP contribution >= 0.6 is 11.3 Å². The Hall–Kier alpha value is 0.456. The minimum atomic E-state index is -0.227. The van der Waals surface area contributed by atoms with E-state index < -0.39 is 0 Å². The first-order chi connectivity index (χ1) is 7.68. The van der Waals surface area contributed by atoms with E-state index in [1.165, 1.54) is 16.2 Å². The van der Waals surface area contributed by atoms with Gasteiger partial charge in [0.15, 0.2) is 0 Å². The number of rotatable bonds is 0. The second-order valence-corrected chi connectivity index (χ2v) is 5.13. The Labute approximate surface area is 150 Å². The fraction of sp³-hybridized carbons (Fsp3) is 0.333. The van der Waals surface area contributed by atoms with Crippen molar-refractivity contribution in [3.63, 3.8) is 0 Å². The number of hydrogen-bond donors (Lipinski definition) is 2. The molecular weight excluding hydrogens is 283 g/mol. The average Bonchev–Trinajstić information content (AvgIpc) is 2.64. The first-order valence-corrected chi connectivity index (χ1v) is 6.11. The minimum absolute atomic E-state index is 0. The molecule has 0 aliphatic carbocycles. The Morgan fingerprint density at radius 3 is 3.06 bits per heavy atom. The van der Waals surface area contributed by atoms with Crippen molar-refractivity contribution in [2.75, 3.05) is 12.4 Å². The van der Waals surface area contributed by atoms with Gasteiger partial charge in [0, 0.05) is 16.6 Å². The summed E-state index contributed by atoms with van der Waals surface area (Å²) in [4.78, 5) is 18.1. The monoisotopic (exact) mass is 292 g/mol. The summed E-state index contributed by atoms with van der Waals surface area (Å²) in [6.45, 7) is 1.69. The molecule has 1 aliphatic rings. The molecular formula is C9H9KN4OS2. The number of nitrogen functional groups attached to an aromatic ring is 1. The van der Waals surface area contributed by atoms with Crippen molar-refractivity contribution in [2.45, 2.75) is 18.1 Å². The Bertz CT molecular complexity index is 636. The van der Waals surface area contributed by atoms with Crippen LogP contribution in [0.4, 0.5) is 0 Å². The molecule has 0 spiro atoms. The van der Waals surface area contributed by atoms with Gasteiger partial charge < -0.3 is 23.8 Å². The van der Waals surface area contributed by atoms with Crippen LogP contribution < -0.4 is 68.1 Å². The van der Waals surface area contributed by atoms with Crippen LogP contribution in [0, 0.1) is 0 Å². The quantitative estimate of drug-likeness (QED) is 0.231. The third-order valence-corrected chi connectivity index (χ3v) is 4.16. The molecule has 0 atom stereocenters. The molecule has 5 nitrogen and oxygen atoms in total. The molecule has 2 aromatic rings. The SMILES string of the molecule is Nn1c([S-])nc2sc3c(c2c1=O)CCNC3.[K+]. The third-order valence-electron chi connectivity index (χ3n) is 2.75. The summed E-state index contributed by atoms with van der Waals surface area (Å²) in [6, 6.07) is 0. The second-order valence-electron chi connectivity index (χ2n) is 3.68. The maximum atomic E-state index is 12.0. The van der Waals surface area contributed by atoms with Gasteiger partial charge in [0.25, 0.3) is 5.56 Å². The Kier molecular flexibility index (Phi) is 4.26. The molecule has 0 bridgehead atoms. The van der Waals surface area contributed by atoms with Crippen LogP contribution in [-0.2, 0) is 25.6 Å². The number of fused-ring (bicyclic) bond motifs is 3. The first kappa shape index (κ1) is 13.9. The minimum Gasteiger partial charge on any atom is -0.740 e. The number of nitrogens with one attached hydrogen (secondary N) is 1. The number of thiophene rings is 1. The largest absolute Gasteiger partial charge is 1.00 e. The summed E-state index contributed by atoms with van der Waals surface area (Å²) in [5.74, 6) is 5.57. The van der Waals surface area contributed by atoms with Gasteiger partial charge in [-0.1, -0.05) is 0 Å². The van der Waals surface area contributed by atoms with Crippen LogP contribution in [0.25, 0.3) is 10.2 Å². The van der Waals surface area contributed by atoms with Crippen molar-refractivity contribution in [3.8, 4) is 0 Å². The Morgan fingerprint density at radius 2 is 2.29 bits per heavy atom. The zero-order valence-electron chi connectivity index (χ0n) is 9.32. The van der Waals surface area contributed by atoms with E-state index in [4.69, 9.17) is 18.5 Å². The fourth-order valence-electron chi connectivity index (χ4n) is 1.97. The predicted molar refractivity (Wildman–Crippen MR) is 65.1 cm³/mol. The van der Waals surface area contributed by atoms with Crippen molar-refractivity contribution < 1.29 is 51.4 Å². The molecule has 0 radical (unpaired) electrons. The fourth-order valence-corrected chi connectivity index (χ4v) is 3.38. The van der Waals surface area contributed by atoms with Gasteiger partial charge >= 0.3 is 51.4 Å². The van der Waals surface area contributed by atoms with Gasteiger partial charge in [-0.25, -0.2) is 9.66 Å². The molecule has 2 aromatic heterocycles. The van der Waals surface area contributed by atoms with Crippen molar-refractivity contribution in [1.29, 1.82) is 0 Å². The molecule has 3 N–H and O–H groups in total.